The smallest absolute Gasteiger partial charge is 0.337 e. The molecule has 1 aromatic rings. The van der Waals surface area contributed by atoms with Gasteiger partial charge in [0, 0.05) is 6.54 Å². The predicted octanol–water partition coefficient (Wildman–Crippen LogP) is 2.79. The molecule has 0 saturated carbocycles. The van der Waals surface area contributed by atoms with Crippen LogP contribution in [0.1, 0.15) is 23.2 Å². The fourth-order valence-corrected chi connectivity index (χ4v) is 2.05. The van der Waals surface area contributed by atoms with E-state index in [1.54, 1.807) is 11.8 Å². The summed E-state index contributed by atoms with van der Waals surface area (Å²) < 4.78 is 13.6. The van der Waals surface area contributed by atoms with Crippen LogP contribution < -0.4 is 10.6 Å². The van der Waals surface area contributed by atoms with E-state index in [4.69, 9.17) is 5.11 Å². The maximum atomic E-state index is 13.6. The number of nitrogens with one attached hydrogen (secondary N) is 2. The maximum absolute atomic E-state index is 13.6. The molecule has 0 aliphatic carbocycles. The lowest BCUT2D eigenvalue weighted by Crippen LogP contribution is -2.30. The number of halogens is 1. The van der Waals surface area contributed by atoms with Crippen LogP contribution in [-0.4, -0.2) is 35.7 Å². The Labute approximate surface area is 120 Å². The van der Waals surface area contributed by atoms with Gasteiger partial charge < -0.3 is 15.7 Å². The van der Waals surface area contributed by atoms with Crippen molar-refractivity contribution in [3.63, 3.8) is 0 Å². The number of anilines is 1. The van der Waals surface area contributed by atoms with E-state index in [-0.39, 0.29) is 11.3 Å². The molecule has 1 rings (SSSR count). The van der Waals surface area contributed by atoms with Gasteiger partial charge in [0.05, 0.1) is 11.3 Å². The fourth-order valence-electron chi connectivity index (χ4n) is 1.56. The number of benzene rings is 1. The first kappa shape index (κ1) is 16.3. The van der Waals surface area contributed by atoms with E-state index < -0.39 is 17.8 Å². The van der Waals surface area contributed by atoms with Crippen molar-refractivity contribution in [2.24, 2.45) is 0 Å². The molecule has 0 aliphatic heterocycles. The molecular formula is C13H17FN2O3S. The van der Waals surface area contributed by atoms with Crippen LogP contribution in [-0.2, 0) is 0 Å². The summed E-state index contributed by atoms with van der Waals surface area (Å²) in [6.45, 7) is 0.462. The number of carboxylic acids is 1. The van der Waals surface area contributed by atoms with E-state index in [1.807, 2.05) is 6.26 Å². The maximum Gasteiger partial charge on any atom is 0.337 e. The summed E-state index contributed by atoms with van der Waals surface area (Å²) in [6.07, 6.45) is 3.80. The summed E-state index contributed by atoms with van der Waals surface area (Å²) in [7, 11) is 0. The highest BCUT2D eigenvalue weighted by molar-refractivity contribution is 7.98. The Kier molecular flexibility index (Phi) is 6.86. The van der Waals surface area contributed by atoms with Crippen LogP contribution in [0.2, 0.25) is 0 Å². The summed E-state index contributed by atoms with van der Waals surface area (Å²) in [6, 6.07) is 3.01. The third kappa shape index (κ3) is 5.08. The van der Waals surface area contributed by atoms with Crippen LogP contribution >= 0.6 is 11.8 Å². The number of carbonyl (C=O) groups excluding carboxylic acids is 1. The predicted molar refractivity (Wildman–Crippen MR) is 78.0 cm³/mol. The van der Waals surface area contributed by atoms with Crippen LogP contribution in [0, 0.1) is 5.82 Å². The van der Waals surface area contributed by atoms with Crippen LogP contribution in [0.5, 0.6) is 0 Å². The van der Waals surface area contributed by atoms with E-state index in [0.29, 0.717) is 6.54 Å². The molecule has 2 amide bonds. The number of urea groups is 1. The third-order valence-corrected chi connectivity index (χ3v) is 3.24. The van der Waals surface area contributed by atoms with Crippen LogP contribution in [0.15, 0.2) is 18.2 Å². The summed E-state index contributed by atoms with van der Waals surface area (Å²) in [4.78, 5) is 22.5. The Morgan fingerprint density at radius 1 is 1.35 bits per heavy atom. The minimum absolute atomic E-state index is 0.275. The third-order valence-electron chi connectivity index (χ3n) is 2.54. The van der Waals surface area contributed by atoms with E-state index in [0.717, 1.165) is 24.7 Å². The Morgan fingerprint density at radius 3 is 2.75 bits per heavy atom. The van der Waals surface area contributed by atoms with Gasteiger partial charge in [-0.1, -0.05) is 6.07 Å². The first-order valence-corrected chi connectivity index (χ1v) is 7.51. The molecule has 0 radical (unpaired) electrons. The van der Waals surface area contributed by atoms with Crippen molar-refractivity contribution in [2.75, 3.05) is 23.9 Å². The highest BCUT2D eigenvalue weighted by Crippen LogP contribution is 2.19. The quantitative estimate of drug-likeness (QED) is 0.677. The first-order chi connectivity index (χ1) is 9.56. The van der Waals surface area contributed by atoms with Crippen molar-refractivity contribution in [3.8, 4) is 0 Å². The van der Waals surface area contributed by atoms with Gasteiger partial charge in [-0.3, -0.25) is 0 Å². The number of amides is 2. The second-order valence-electron chi connectivity index (χ2n) is 4.05. The lowest BCUT2D eigenvalue weighted by atomic mass is 10.1. The highest BCUT2D eigenvalue weighted by Gasteiger charge is 2.16. The van der Waals surface area contributed by atoms with Gasteiger partial charge >= 0.3 is 12.0 Å². The zero-order valence-electron chi connectivity index (χ0n) is 11.1. The average molecular weight is 300 g/mol. The number of unbranched alkanes of at least 4 members (excludes halogenated alkanes) is 1. The molecule has 7 heteroatoms. The molecular weight excluding hydrogens is 283 g/mol. The summed E-state index contributed by atoms with van der Waals surface area (Å²) >= 11 is 1.73. The number of rotatable bonds is 7. The van der Waals surface area contributed by atoms with Crippen LogP contribution in [0.4, 0.5) is 14.9 Å². The van der Waals surface area contributed by atoms with Crippen molar-refractivity contribution in [1.29, 1.82) is 0 Å². The summed E-state index contributed by atoms with van der Waals surface area (Å²) in [5.41, 5.74) is -0.593. The molecule has 0 atom stereocenters. The number of hydrogen-bond donors (Lipinski definition) is 3. The Bertz CT molecular complexity index is 483. The Hall–Kier alpha value is -1.76. The number of aromatic carboxylic acids is 1. The second-order valence-corrected chi connectivity index (χ2v) is 5.03. The monoisotopic (exact) mass is 300 g/mol. The molecule has 0 bridgehead atoms. The minimum Gasteiger partial charge on any atom is -0.478 e. The van der Waals surface area contributed by atoms with Gasteiger partial charge in [-0.2, -0.15) is 11.8 Å². The Morgan fingerprint density at radius 2 is 2.10 bits per heavy atom. The van der Waals surface area contributed by atoms with Gasteiger partial charge in [0.1, 0.15) is 5.82 Å². The zero-order valence-corrected chi connectivity index (χ0v) is 11.9. The molecule has 110 valence electrons. The Balaban J connectivity index is 2.55. The van der Waals surface area contributed by atoms with E-state index in [1.165, 1.54) is 12.1 Å². The lowest BCUT2D eigenvalue weighted by molar-refractivity contribution is 0.0697. The molecule has 0 fully saturated rings. The highest BCUT2D eigenvalue weighted by atomic mass is 32.2. The zero-order chi connectivity index (χ0) is 15.0. The number of hydrogen-bond acceptors (Lipinski definition) is 3. The number of thioether (sulfide) groups is 1. The molecule has 20 heavy (non-hydrogen) atoms. The van der Waals surface area contributed by atoms with Crippen LogP contribution in [0.3, 0.4) is 0 Å². The SMILES string of the molecule is CSCCCCNC(=O)Nc1c(F)cccc1C(=O)O. The second kappa shape index (κ2) is 8.42. The molecule has 3 N–H and O–H groups in total. The van der Waals surface area contributed by atoms with Crippen molar-refractivity contribution in [3.05, 3.63) is 29.6 Å². The molecule has 0 saturated heterocycles. The van der Waals surface area contributed by atoms with Crippen molar-refractivity contribution >= 4 is 29.4 Å². The van der Waals surface area contributed by atoms with E-state index in [9.17, 15) is 14.0 Å². The van der Waals surface area contributed by atoms with Gasteiger partial charge in [-0.15, -0.1) is 0 Å². The van der Waals surface area contributed by atoms with Gasteiger partial charge in [-0.05, 0) is 37.0 Å². The van der Waals surface area contributed by atoms with Crippen molar-refractivity contribution in [2.45, 2.75) is 12.8 Å². The molecule has 0 aliphatic rings. The van der Waals surface area contributed by atoms with Crippen molar-refractivity contribution < 1.29 is 19.1 Å². The topological polar surface area (TPSA) is 78.4 Å². The van der Waals surface area contributed by atoms with E-state index >= 15 is 0 Å². The summed E-state index contributed by atoms with van der Waals surface area (Å²) in [5.74, 6) is -1.05. The number of carbonyl (C=O) groups is 2. The molecule has 5 nitrogen and oxygen atoms in total. The molecule has 0 heterocycles. The van der Waals surface area contributed by atoms with Crippen molar-refractivity contribution in [1.82, 2.24) is 5.32 Å². The normalized spacial score (nSPS) is 10.1. The number of carboxylic acid groups (broad SMARTS) is 1. The largest absolute Gasteiger partial charge is 0.478 e. The standard InChI is InChI=1S/C13H17FN2O3S/c1-20-8-3-2-7-15-13(19)16-11-9(12(17)18)5-4-6-10(11)14/h4-6H,2-3,7-8H2,1H3,(H,17,18)(H2,15,16,19). The molecule has 0 unspecified atom stereocenters. The van der Waals surface area contributed by atoms with Gasteiger partial charge in [-0.25, -0.2) is 14.0 Å². The molecule has 1 aromatic carbocycles. The van der Waals surface area contributed by atoms with Crippen LogP contribution in [0.25, 0.3) is 0 Å². The summed E-state index contributed by atoms with van der Waals surface area (Å²) in [5, 5.41) is 13.7. The lowest BCUT2D eigenvalue weighted by Gasteiger charge is -2.10. The number of para-hydroxylation sites is 1. The molecule has 0 spiro atoms. The van der Waals surface area contributed by atoms with Gasteiger partial charge in [0.2, 0.25) is 0 Å². The van der Waals surface area contributed by atoms with Gasteiger partial charge in [0.15, 0.2) is 0 Å². The van der Waals surface area contributed by atoms with Gasteiger partial charge in [0.25, 0.3) is 0 Å². The fraction of sp³-hybridized carbons (Fsp3) is 0.385. The average Bonchev–Trinajstić information content (AvgIpc) is 2.40. The minimum atomic E-state index is -1.29. The molecule has 0 aromatic heterocycles. The van der Waals surface area contributed by atoms with E-state index in [2.05, 4.69) is 10.6 Å². The first-order valence-electron chi connectivity index (χ1n) is 6.12.